The first kappa shape index (κ1) is 19.6. The maximum absolute atomic E-state index is 10.2. The Balaban J connectivity index is 1.46. The standard InChI is InChI=1S/C21H29N3O3/c1-26-21-12-18(13-23-14-19(25)15-24-10-2-3-11-24)4-5-20(21)27-16-17-6-8-22-9-7-17/h4-9,12,19,23,25H,2-3,10-11,13-16H2,1H3. The van der Waals surface area contributed by atoms with Crippen LogP contribution in [0.3, 0.4) is 0 Å². The van der Waals surface area contributed by atoms with E-state index in [0.717, 1.165) is 30.8 Å². The van der Waals surface area contributed by atoms with Gasteiger partial charge in [-0.15, -0.1) is 0 Å². The topological polar surface area (TPSA) is 66.8 Å². The molecule has 1 aromatic heterocycles. The lowest BCUT2D eigenvalue weighted by molar-refractivity contribution is 0.123. The number of nitrogens with zero attached hydrogens (tertiary/aromatic N) is 2. The highest BCUT2D eigenvalue weighted by Gasteiger charge is 2.15. The van der Waals surface area contributed by atoms with Crippen molar-refractivity contribution in [2.45, 2.75) is 32.1 Å². The molecule has 27 heavy (non-hydrogen) atoms. The molecule has 1 aliphatic rings. The predicted molar refractivity (Wildman–Crippen MR) is 105 cm³/mol. The molecule has 2 aromatic rings. The smallest absolute Gasteiger partial charge is 0.161 e. The normalized spacial score (nSPS) is 15.6. The molecule has 0 amide bonds. The van der Waals surface area contributed by atoms with Crippen LogP contribution in [-0.2, 0) is 13.2 Å². The number of hydrogen-bond acceptors (Lipinski definition) is 6. The van der Waals surface area contributed by atoms with Gasteiger partial charge in [-0.05, 0) is 61.3 Å². The van der Waals surface area contributed by atoms with E-state index in [4.69, 9.17) is 9.47 Å². The van der Waals surface area contributed by atoms with E-state index in [1.54, 1.807) is 19.5 Å². The second-order valence-corrected chi connectivity index (χ2v) is 6.92. The Labute approximate surface area is 161 Å². The minimum atomic E-state index is -0.340. The van der Waals surface area contributed by atoms with Crippen molar-refractivity contribution in [3.05, 3.63) is 53.9 Å². The van der Waals surface area contributed by atoms with Gasteiger partial charge in [0, 0.05) is 32.0 Å². The SMILES string of the molecule is COc1cc(CNCC(O)CN2CCCC2)ccc1OCc1ccncc1. The van der Waals surface area contributed by atoms with Gasteiger partial charge in [-0.25, -0.2) is 0 Å². The third-order valence-corrected chi connectivity index (χ3v) is 4.75. The van der Waals surface area contributed by atoms with Crippen LogP contribution in [0, 0.1) is 0 Å². The monoisotopic (exact) mass is 371 g/mol. The molecule has 1 unspecified atom stereocenters. The van der Waals surface area contributed by atoms with Crippen LogP contribution in [0.5, 0.6) is 11.5 Å². The van der Waals surface area contributed by atoms with Crippen LogP contribution in [0.1, 0.15) is 24.0 Å². The van der Waals surface area contributed by atoms with Gasteiger partial charge in [0.1, 0.15) is 6.61 Å². The summed E-state index contributed by atoms with van der Waals surface area (Å²) in [6.45, 7) is 4.69. The number of benzene rings is 1. The molecule has 1 fully saturated rings. The largest absolute Gasteiger partial charge is 0.493 e. The molecule has 0 bridgehead atoms. The van der Waals surface area contributed by atoms with Crippen molar-refractivity contribution in [3.8, 4) is 11.5 Å². The first-order chi connectivity index (χ1) is 13.2. The number of methoxy groups -OCH3 is 1. The van der Waals surface area contributed by atoms with E-state index in [1.807, 2.05) is 30.3 Å². The minimum Gasteiger partial charge on any atom is -0.493 e. The van der Waals surface area contributed by atoms with Crippen LogP contribution in [0.15, 0.2) is 42.7 Å². The van der Waals surface area contributed by atoms with Crippen molar-refractivity contribution in [1.82, 2.24) is 15.2 Å². The van der Waals surface area contributed by atoms with Gasteiger partial charge in [0.15, 0.2) is 11.5 Å². The molecule has 146 valence electrons. The lowest BCUT2D eigenvalue weighted by Gasteiger charge is -2.19. The molecule has 1 atom stereocenters. The highest BCUT2D eigenvalue weighted by Crippen LogP contribution is 2.28. The Bertz CT molecular complexity index is 690. The number of rotatable bonds is 10. The van der Waals surface area contributed by atoms with Gasteiger partial charge < -0.3 is 24.8 Å². The Hall–Kier alpha value is -2.15. The number of likely N-dealkylation sites (tertiary alicyclic amines) is 1. The molecular weight excluding hydrogens is 342 g/mol. The zero-order valence-electron chi connectivity index (χ0n) is 15.9. The first-order valence-electron chi connectivity index (χ1n) is 9.54. The zero-order valence-corrected chi connectivity index (χ0v) is 15.9. The number of ether oxygens (including phenoxy) is 2. The predicted octanol–water partition coefficient (Wildman–Crippen LogP) is 2.22. The highest BCUT2D eigenvalue weighted by molar-refractivity contribution is 5.43. The van der Waals surface area contributed by atoms with E-state index in [2.05, 4.69) is 15.2 Å². The number of aliphatic hydroxyl groups is 1. The molecule has 6 nitrogen and oxygen atoms in total. The summed E-state index contributed by atoms with van der Waals surface area (Å²) < 4.78 is 11.3. The van der Waals surface area contributed by atoms with Crippen molar-refractivity contribution >= 4 is 0 Å². The molecule has 1 aromatic carbocycles. The number of aliphatic hydroxyl groups excluding tert-OH is 1. The Morgan fingerprint density at radius 2 is 1.89 bits per heavy atom. The molecular formula is C21H29N3O3. The molecule has 0 radical (unpaired) electrons. The Morgan fingerprint density at radius 3 is 2.63 bits per heavy atom. The summed E-state index contributed by atoms with van der Waals surface area (Å²) >= 11 is 0. The summed E-state index contributed by atoms with van der Waals surface area (Å²) in [5.74, 6) is 1.42. The second kappa shape index (κ2) is 10.3. The van der Waals surface area contributed by atoms with Crippen molar-refractivity contribution < 1.29 is 14.6 Å². The summed E-state index contributed by atoms with van der Waals surface area (Å²) in [6, 6.07) is 9.78. The lowest BCUT2D eigenvalue weighted by Crippen LogP contribution is -2.36. The van der Waals surface area contributed by atoms with E-state index < -0.39 is 0 Å². The van der Waals surface area contributed by atoms with Crippen molar-refractivity contribution in [2.75, 3.05) is 33.3 Å². The van der Waals surface area contributed by atoms with Crippen molar-refractivity contribution in [1.29, 1.82) is 0 Å². The molecule has 6 heteroatoms. The van der Waals surface area contributed by atoms with Gasteiger partial charge >= 0.3 is 0 Å². The maximum atomic E-state index is 10.2. The maximum Gasteiger partial charge on any atom is 0.161 e. The molecule has 0 saturated carbocycles. The average molecular weight is 371 g/mol. The van der Waals surface area contributed by atoms with Crippen LogP contribution < -0.4 is 14.8 Å². The second-order valence-electron chi connectivity index (χ2n) is 6.92. The number of aromatic nitrogens is 1. The van der Waals surface area contributed by atoms with E-state index in [0.29, 0.717) is 31.2 Å². The van der Waals surface area contributed by atoms with Gasteiger partial charge in [0.05, 0.1) is 13.2 Å². The van der Waals surface area contributed by atoms with Gasteiger partial charge in [0.2, 0.25) is 0 Å². The molecule has 2 heterocycles. The molecule has 0 aliphatic carbocycles. The van der Waals surface area contributed by atoms with Crippen LogP contribution in [0.4, 0.5) is 0 Å². The Kier molecular flexibility index (Phi) is 7.45. The third-order valence-electron chi connectivity index (χ3n) is 4.75. The summed E-state index contributed by atoms with van der Waals surface area (Å²) in [5.41, 5.74) is 2.15. The van der Waals surface area contributed by atoms with Crippen LogP contribution in [0.25, 0.3) is 0 Å². The highest BCUT2D eigenvalue weighted by atomic mass is 16.5. The number of β-amino-alcohol motifs (C(OH)–C–C–N with tert-alkyl or cyclic N) is 1. The van der Waals surface area contributed by atoms with E-state index >= 15 is 0 Å². The molecule has 1 saturated heterocycles. The van der Waals surface area contributed by atoms with Crippen LogP contribution in [0.2, 0.25) is 0 Å². The van der Waals surface area contributed by atoms with Gasteiger partial charge in [-0.3, -0.25) is 4.98 Å². The third kappa shape index (κ3) is 6.20. The molecule has 3 rings (SSSR count). The molecule has 2 N–H and O–H groups in total. The number of nitrogens with one attached hydrogen (secondary N) is 1. The number of hydrogen-bond donors (Lipinski definition) is 2. The fourth-order valence-corrected chi connectivity index (χ4v) is 3.29. The van der Waals surface area contributed by atoms with Crippen LogP contribution in [-0.4, -0.2) is 54.4 Å². The van der Waals surface area contributed by atoms with E-state index in [1.165, 1.54) is 12.8 Å². The van der Waals surface area contributed by atoms with Crippen LogP contribution >= 0.6 is 0 Å². The molecule has 0 spiro atoms. The Morgan fingerprint density at radius 1 is 1.11 bits per heavy atom. The summed E-state index contributed by atoms with van der Waals surface area (Å²) in [4.78, 5) is 6.33. The first-order valence-corrected chi connectivity index (χ1v) is 9.54. The fourth-order valence-electron chi connectivity index (χ4n) is 3.29. The van der Waals surface area contributed by atoms with E-state index in [-0.39, 0.29) is 6.10 Å². The number of pyridine rings is 1. The van der Waals surface area contributed by atoms with E-state index in [9.17, 15) is 5.11 Å². The van der Waals surface area contributed by atoms with Gasteiger partial charge in [-0.1, -0.05) is 6.07 Å². The van der Waals surface area contributed by atoms with Gasteiger partial charge in [-0.2, -0.15) is 0 Å². The lowest BCUT2D eigenvalue weighted by atomic mass is 10.2. The summed E-state index contributed by atoms with van der Waals surface area (Å²) in [5, 5.41) is 13.5. The van der Waals surface area contributed by atoms with Crippen molar-refractivity contribution in [3.63, 3.8) is 0 Å². The van der Waals surface area contributed by atoms with Crippen molar-refractivity contribution in [2.24, 2.45) is 0 Å². The average Bonchev–Trinajstić information content (AvgIpc) is 3.20. The zero-order chi connectivity index (χ0) is 18.9. The minimum absolute atomic E-state index is 0.340. The van der Waals surface area contributed by atoms with Gasteiger partial charge in [0.25, 0.3) is 0 Å². The summed E-state index contributed by atoms with van der Waals surface area (Å²) in [6.07, 6.45) is 5.66. The summed E-state index contributed by atoms with van der Waals surface area (Å²) in [7, 11) is 1.64. The fraction of sp³-hybridized carbons (Fsp3) is 0.476. The molecule has 1 aliphatic heterocycles. The quantitative estimate of drug-likeness (QED) is 0.668.